The Hall–Kier alpha value is -2.72. The van der Waals surface area contributed by atoms with Gasteiger partial charge in [0, 0.05) is 5.69 Å². The van der Waals surface area contributed by atoms with Gasteiger partial charge >= 0.3 is 0 Å². The van der Waals surface area contributed by atoms with Gasteiger partial charge in [0.1, 0.15) is 5.52 Å². The summed E-state index contributed by atoms with van der Waals surface area (Å²) in [7, 11) is -3.61. The number of primary sulfonamides is 1. The Balaban J connectivity index is 1.54. The maximum Gasteiger partial charge on any atom is 0.245 e. The molecule has 9 nitrogen and oxygen atoms in total. The first-order valence-electron chi connectivity index (χ1n) is 9.67. The molecule has 1 aromatic carbocycles. The molecule has 154 valence electrons. The van der Waals surface area contributed by atoms with E-state index in [1.54, 1.807) is 30.6 Å². The van der Waals surface area contributed by atoms with Gasteiger partial charge in [0.05, 0.1) is 18.7 Å². The summed E-state index contributed by atoms with van der Waals surface area (Å²) in [5.41, 5.74) is 2.39. The van der Waals surface area contributed by atoms with Crippen molar-refractivity contribution >= 4 is 32.8 Å². The van der Waals surface area contributed by atoms with Crippen LogP contribution in [0.15, 0.2) is 30.6 Å². The van der Waals surface area contributed by atoms with Crippen molar-refractivity contribution in [3.05, 3.63) is 36.2 Å². The number of H-pyrrole nitrogens is 1. The fourth-order valence-electron chi connectivity index (χ4n) is 3.62. The molecule has 4 N–H and O–H groups in total. The second-order valence-corrected chi connectivity index (χ2v) is 9.02. The van der Waals surface area contributed by atoms with E-state index in [9.17, 15) is 8.42 Å². The molecule has 29 heavy (non-hydrogen) atoms. The quantitative estimate of drug-likeness (QED) is 0.539. The van der Waals surface area contributed by atoms with Gasteiger partial charge in [-0.05, 0) is 36.5 Å². The minimum Gasteiger partial charge on any atom is -0.476 e. The standard InChI is InChI=1S/C19H24N6O3S/c20-29(26,27)11-14-7-4-8-15(9-14)23-19-24-17-16(21-12-22-17)18(25-19)28-10-13-5-2-1-3-6-13/h4,7-9,12-13H,1-3,5-6,10-11H2,(H2,20,26,27)(H2,21,22,23,24,25). The van der Waals surface area contributed by atoms with Crippen molar-refractivity contribution in [1.29, 1.82) is 0 Å². The van der Waals surface area contributed by atoms with Crippen LogP contribution >= 0.6 is 0 Å². The molecule has 0 unspecified atom stereocenters. The van der Waals surface area contributed by atoms with Gasteiger partial charge in [-0.2, -0.15) is 9.97 Å². The number of nitrogens with one attached hydrogen (secondary N) is 2. The predicted molar refractivity (Wildman–Crippen MR) is 110 cm³/mol. The van der Waals surface area contributed by atoms with Crippen molar-refractivity contribution in [3.8, 4) is 5.88 Å². The lowest BCUT2D eigenvalue weighted by atomic mass is 9.90. The summed E-state index contributed by atoms with van der Waals surface area (Å²) < 4.78 is 28.7. The number of hydrogen-bond donors (Lipinski definition) is 3. The molecule has 0 spiro atoms. The molecular weight excluding hydrogens is 392 g/mol. The highest BCUT2D eigenvalue weighted by Gasteiger charge is 2.17. The van der Waals surface area contributed by atoms with Crippen LogP contribution in [0.2, 0.25) is 0 Å². The van der Waals surface area contributed by atoms with Crippen molar-refractivity contribution in [2.24, 2.45) is 11.1 Å². The predicted octanol–water partition coefficient (Wildman–Crippen LogP) is 2.84. The summed E-state index contributed by atoms with van der Waals surface area (Å²) in [5.74, 6) is 1.10. The molecular formula is C19H24N6O3S. The van der Waals surface area contributed by atoms with Gasteiger partial charge in [-0.3, -0.25) is 0 Å². The molecule has 0 atom stereocenters. The summed E-state index contributed by atoms with van der Waals surface area (Å²) in [5, 5.41) is 8.23. The minimum absolute atomic E-state index is 0.239. The van der Waals surface area contributed by atoms with Crippen molar-refractivity contribution in [2.45, 2.75) is 37.9 Å². The monoisotopic (exact) mass is 416 g/mol. The summed E-state index contributed by atoms with van der Waals surface area (Å²) in [6, 6.07) is 6.95. The van der Waals surface area contributed by atoms with Crippen LogP contribution in [0.1, 0.15) is 37.7 Å². The van der Waals surface area contributed by atoms with Crippen LogP contribution in [0.25, 0.3) is 11.2 Å². The second kappa shape index (κ2) is 8.34. The van der Waals surface area contributed by atoms with Crippen molar-refractivity contribution in [2.75, 3.05) is 11.9 Å². The smallest absolute Gasteiger partial charge is 0.245 e. The van der Waals surface area contributed by atoms with Crippen LogP contribution in [0.5, 0.6) is 5.88 Å². The number of imidazole rings is 1. The average molecular weight is 417 g/mol. The summed E-state index contributed by atoms with van der Waals surface area (Å²) >= 11 is 0. The average Bonchev–Trinajstić information content (AvgIpc) is 3.14. The van der Waals surface area contributed by atoms with Crippen LogP contribution in [0.3, 0.4) is 0 Å². The first-order valence-corrected chi connectivity index (χ1v) is 11.4. The second-order valence-electron chi connectivity index (χ2n) is 7.40. The topological polar surface area (TPSA) is 136 Å². The van der Waals surface area contributed by atoms with E-state index in [-0.39, 0.29) is 5.75 Å². The summed E-state index contributed by atoms with van der Waals surface area (Å²) in [6.45, 7) is 0.619. The Labute approximate surface area is 169 Å². The fourth-order valence-corrected chi connectivity index (χ4v) is 4.26. The number of aromatic amines is 1. The lowest BCUT2D eigenvalue weighted by Gasteiger charge is -2.21. The Morgan fingerprint density at radius 3 is 2.83 bits per heavy atom. The van der Waals surface area contributed by atoms with E-state index in [2.05, 4.69) is 25.3 Å². The van der Waals surface area contributed by atoms with Crippen molar-refractivity contribution in [3.63, 3.8) is 0 Å². The van der Waals surface area contributed by atoms with Gasteiger partial charge < -0.3 is 15.0 Å². The Bertz CT molecular complexity index is 1090. The van der Waals surface area contributed by atoms with Gasteiger partial charge in [-0.25, -0.2) is 18.5 Å². The molecule has 3 aromatic rings. The first-order chi connectivity index (χ1) is 14.0. The number of sulfonamides is 1. The largest absolute Gasteiger partial charge is 0.476 e. The Morgan fingerprint density at radius 1 is 1.21 bits per heavy atom. The Morgan fingerprint density at radius 2 is 2.03 bits per heavy atom. The summed E-state index contributed by atoms with van der Waals surface area (Å²) in [6.07, 6.45) is 7.72. The number of nitrogens with zero attached hydrogens (tertiary/aromatic N) is 3. The highest BCUT2D eigenvalue weighted by atomic mass is 32.2. The van der Waals surface area contributed by atoms with Gasteiger partial charge in [-0.1, -0.05) is 31.4 Å². The molecule has 0 amide bonds. The highest BCUT2D eigenvalue weighted by Crippen LogP contribution is 2.27. The zero-order valence-electron chi connectivity index (χ0n) is 16.0. The third-order valence-corrected chi connectivity index (χ3v) is 5.72. The Kier molecular flexibility index (Phi) is 5.63. The molecule has 0 saturated heterocycles. The van der Waals surface area contributed by atoms with Crippen LogP contribution in [0.4, 0.5) is 11.6 Å². The van der Waals surface area contributed by atoms with E-state index < -0.39 is 10.0 Å². The van der Waals surface area contributed by atoms with Crippen LogP contribution in [-0.4, -0.2) is 35.0 Å². The van der Waals surface area contributed by atoms with Gasteiger partial charge in [0.2, 0.25) is 21.9 Å². The molecule has 0 bridgehead atoms. The van der Waals surface area contributed by atoms with Gasteiger partial charge in [0.25, 0.3) is 0 Å². The summed E-state index contributed by atoms with van der Waals surface area (Å²) in [4.78, 5) is 16.2. The zero-order valence-corrected chi connectivity index (χ0v) is 16.8. The third kappa shape index (κ3) is 5.21. The van der Waals surface area contributed by atoms with Crippen molar-refractivity contribution < 1.29 is 13.2 Å². The minimum atomic E-state index is -3.61. The van der Waals surface area contributed by atoms with Gasteiger partial charge in [0.15, 0.2) is 5.65 Å². The van der Waals surface area contributed by atoms with E-state index in [0.717, 1.165) is 0 Å². The number of anilines is 2. The number of nitrogens with two attached hydrogens (primary N) is 1. The zero-order chi connectivity index (χ0) is 20.3. The number of benzene rings is 1. The molecule has 1 aliphatic rings. The normalized spacial score (nSPS) is 15.5. The van der Waals surface area contributed by atoms with Crippen molar-refractivity contribution in [1.82, 2.24) is 19.9 Å². The van der Waals surface area contributed by atoms with E-state index in [1.807, 2.05) is 0 Å². The SMILES string of the molecule is NS(=O)(=O)Cc1cccc(Nc2nc(OCC3CCCCC3)c3[nH]cnc3n2)c1. The van der Waals surface area contributed by atoms with E-state index >= 15 is 0 Å². The molecule has 1 saturated carbocycles. The number of hydrogen-bond acceptors (Lipinski definition) is 7. The van der Waals surface area contributed by atoms with Crippen LogP contribution in [-0.2, 0) is 15.8 Å². The third-order valence-electron chi connectivity index (χ3n) is 4.98. The lowest BCUT2D eigenvalue weighted by molar-refractivity contribution is 0.205. The van der Waals surface area contributed by atoms with E-state index in [4.69, 9.17) is 9.88 Å². The van der Waals surface area contributed by atoms with Crippen LogP contribution < -0.4 is 15.2 Å². The molecule has 1 fully saturated rings. The molecule has 0 aliphatic heterocycles. The number of ether oxygens (including phenoxy) is 1. The molecule has 1 aliphatic carbocycles. The van der Waals surface area contributed by atoms with E-state index in [1.165, 1.54) is 32.1 Å². The van der Waals surface area contributed by atoms with Crippen LogP contribution in [0, 0.1) is 5.92 Å². The van der Waals surface area contributed by atoms with E-state index in [0.29, 0.717) is 46.8 Å². The molecule has 2 aromatic heterocycles. The molecule has 10 heteroatoms. The first kappa shape index (κ1) is 19.6. The molecule has 2 heterocycles. The van der Waals surface area contributed by atoms with Gasteiger partial charge in [-0.15, -0.1) is 0 Å². The lowest BCUT2D eigenvalue weighted by Crippen LogP contribution is -2.16. The molecule has 4 rings (SSSR count). The maximum atomic E-state index is 11.3. The molecule has 0 radical (unpaired) electrons. The fraction of sp³-hybridized carbons (Fsp3) is 0.421. The number of rotatable bonds is 7. The number of fused-ring (bicyclic) bond motifs is 1. The maximum absolute atomic E-state index is 11.3. The number of aromatic nitrogens is 4. The highest BCUT2D eigenvalue weighted by molar-refractivity contribution is 7.88.